The molecule has 0 N–H and O–H groups in total. The van der Waals surface area contributed by atoms with E-state index in [4.69, 9.17) is 5.26 Å². The third kappa shape index (κ3) is 3.67. The molecule has 0 bridgehead atoms. The molecule has 0 unspecified atom stereocenters. The number of halogens is 1. The summed E-state index contributed by atoms with van der Waals surface area (Å²) in [6.45, 7) is 0.495. The number of anilines is 1. The number of hydrogen-bond donors (Lipinski definition) is 0. The summed E-state index contributed by atoms with van der Waals surface area (Å²) in [5, 5.41) is 9.07. The number of ketones is 1. The second-order valence-corrected chi connectivity index (χ2v) is 4.73. The van der Waals surface area contributed by atoms with Crippen molar-refractivity contribution >= 4 is 11.5 Å². The molecule has 21 heavy (non-hydrogen) atoms. The molecule has 2 rings (SSSR count). The molecule has 0 heterocycles. The Hall–Kier alpha value is -2.67. The van der Waals surface area contributed by atoms with Gasteiger partial charge in [0.25, 0.3) is 0 Å². The molecule has 0 radical (unpaired) electrons. The van der Waals surface area contributed by atoms with E-state index in [2.05, 4.69) is 6.07 Å². The van der Waals surface area contributed by atoms with Crippen molar-refractivity contribution in [3.05, 3.63) is 65.5 Å². The molecule has 3 nitrogen and oxygen atoms in total. The van der Waals surface area contributed by atoms with Crippen molar-refractivity contribution in [1.29, 1.82) is 5.26 Å². The van der Waals surface area contributed by atoms with Crippen LogP contribution in [-0.2, 0) is 0 Å². The summed E-state index contributed by atoms with van der Waals surface area (Å²) in [6, 6.07) is 14.9. The molecule has 0 aromatic heterocycles. The summed E-state index contributed by atoms with van der Waals surface area (Å²) >= 11 is 0. The van der Waals surface area contributed by atoms with Crippen molar-refractivity contribution in [2.75, 3.05) is 18.5 Å². The van der Waals surface area contributed by atoms with Gasteiger partial charge in [-0.05, 0) is 36.4 Å². The predicted molar refractivity (Wildman–Crippen MR) is 79.8 cm³/mol. The maximum absolute atomic E-state index is 12.8. The van der Waals surface area contributed by atoms with E-state index in [0.717, 1.165) is 5.69 Å². The fourth-order valence-corrected chi connectivity index (χ4v) is 2.07. The van der Waals surface area contributed by atoms with Crippen LogP contribution < -0.4 is 4.90 Å². The highest BCUT2D eigenvalue weighted by Crippen LogP contribution is 2.18. The zero-order valence-electron chi connectivity index (χ0n) is 11.7. The van der Waals surface area contributed by atoms with Crippen molar-refractivity contribution in [1.82, 2.24) is 0 Å². The van der Waals surface area contributed by atoms with Gasteiger partial charge in [0.05, 0.1) is 11.3 Å². The molecule has 106 valence electrons. The average molecular weight is 282 g/mol. The number of Topliss-reactive ketones (excluding diaryl/α,β-unsaturated/α-hetero) is 1. The summed E-state index contributed by atoms with van der Waals surface area (Å²) in [7, 11) is 1.84. The van der Waals surface area contributed by atoms with Crippen molar-refractivity contribution in [3.8, 4) is 6.07 Å². The molecule has 4 heteroatoms. The molecule has 2 aromatic rings. The van der Waals surface area contributed by atoms with Crippen LogP contribution in [0.25, 0.3) is 0 Å². The number of para-hydroxylation sites is 1. The Bertz CT molecular complexity index is 674. The minimum atomic E-state index is -0.355. The molecular weight excluding hydrogens is 267 g/mol. The quantitative estimate of drug-likeness (QED) is 0.789. The first-order valence-electron chi connectivity index (χ1n) is 6.61. The minimum Gasteiger partial charge on any atom is -0.373 e. The van der Waals surface area contributed by atoms with Crippen molar-refractivity contribution < 1.29 is 9.18 Å². The molecule has 0 amide bonds. The van der Waals surface area contributed by atoms with E-state index in [1.54, 1.807) is 12.1 Å². The largest absolute Gasteiger partial charge is 0.373 e. The van der Waals surface area contributed by atoms with Gasteiger partial charge in [0.2, 0.25) is 0 Å². The minimum absolute atomic E-state index is 0.0451. The second-order valence-electron chi connectivity index (χ2n) is 4.73. The number of rotatable bonds is 5. The van der Waals surface area contributed by atoms with Gasteiger partial charge in [-0.15, -0.1) is 0 Å². The lowest BCUT2D eigenvalue weighted by atomic mass is 10.1. The van der Waals surface area contributed by atoms with Crippen molar-refractivity contribution in [3.63, 3.8) is 0 Å². The van der Waals surface area contributed by atoms with Gasteiger partial charge in [0.1, 0.15) is 11.9 Å². The number of nitriles is 1. The molecule has 0 aliphatic carbocycles. The number of hydrogen-bond acceptors (Lipinski definition) is 3. The second kappa shape index (κ2) is 6.67. The maximum atomic E-state index is 12.8. The van der Waals surface area contributed by atoms with E-state index in [1.807, 2.05) is 24.1 Å². The van der Waals surface area contributed by atoms with Crippen molar-refractivity contribution in [2.24, 2.45) is 0 Å². The fraction of sp³-hybridized carbons (Fsp3) is 0.176. The molecule has 0 saturated heterocycles. The Morgan fingerprint density at radius 3 is 2.52 bits per heavy atom. The lowest BCUT2D eigenvalue weighted by Crippen LogP contribution is -2.22. The van der Waals surface area contributed by atoms with Crippen LogP contribution in [0.15, 0.2) is 48.5 Å². The van der Waals surface area contributed by atoms with E-state index < -0.39 is 0 Å². The smallest absolute Gasteiger partial charge is 0.164 e. The molecular formula is C17H15FN2O. The SMILES string of the molecule is CN(CCC(=O)c1ccc(F)cc1)c1ccccc1C#N. The molecule has 0 saturated carbocycles. The summed E-state index contributed by atoms with van der Waals surface area (Å²) < 4.78 is 12.8. The van der Waals surface area contributed by atoms with Gasteiger partial charge in [-0.25, -0.2) is 4.39 Å². The monoisotopic (exact) mass is 282 g/mol. The van der Waals surface area contributed by atoms with Gasteiger partial charge >= 0.3 is 0 Å². The van der Waals surface area contributed by atoms with Gasteiger partial charge < -0.3 is 4.90 Å². The molecule has 0 spiro atoms. The molecule has 2 aromatic carbocycles. The van der Waals surface area contributed by atoms with Gasteiger partial charge in [0, 0.05) is 25.6 Å². The third-order valence-corrected chi connectivity index (χ3v) is 3.28. The van der Waals surface area contributed by atoms with Crippen LogP contribution in [0.3, 0.4) is 0 Å². The van der Waals surface area contributed by atoms with E-state index >= 15 is 0 Å². The van der Waals surface area contributed by atoms with E-state index in [0.29, 0.717) is 24.1 Å². The average Bonchev–Trinajstić information content (AvgIpc) is 2.52. The lowest BCUT2D eigenvalue weighted by molar-refractivity contribution is 0.0985. The van der Waals surface area contributed by atoms with E-state index in [9.17, 15) is 9.18 Å². The lowest BCUT2D eigenvalue weighted by Gasteiger charge is -2.19. The Morgan fingerprint density at radius 1 is 1.19 bits per heavy atom. The standard InChI is InChI=1S/C17H15FN2O/c1-20(16-5-3-2-4-14(16)12-19)11-10-17(21)13-6-8-15(18)9-7-13/h2-9H,10-11H2,1H3. The highest BCUT2D eigenvalue weighted by molar-refractivity contribution is 5.96. The van der Waals surface area contributed by atoms with Crippen LogP contribution in [0.1, 0.15) is 22.3 Å². The first-order valence-corrected chi connectivity index (χ1v) is 6.61. The van der Waals surface area contributed by atoms with Crippen LogP contribution in [0, 0.1) is 17.1 Å². The third-order valence-electron chi connectivity index (χ3n) is 3.28. The van der Waals surface area contributed by atoms with Gasteiger partial charge in [-0.1, -0.05) is 12.1 Å². The first kappa shape index (κ1) is 14.7. The summed E-state index contributed by atoms with van der Waals surface area (Å²) in [4.78, 5) is 13.9. The zero-order valence-corrected chi connectivity index (χ0v) is 11.7. The Balaban J connectivity index is 2.01. The van der Waals surface area contributed by atoms with E-state index in [1.165, 1.54) is 24.3 Å². The maximum Gasteiger partial charge on any atom is 0.164 e. The van der Waals surface area contributed by atoms with Crippen LogP contribution >= 0.6 is 0 Å². The van der Waals surface area contributed by atoms with Crippen LogP contribution in [-0.4, -0.2) is 19.4 Å². The number of carbonyl (C=O) groups excluding carboxylic acids is 1. The summed E-state index contributed by atoms with van der Waals surface area (Å²) in [5.74, 6) is -0.400. The number of carbonyl (C=O) groups is 1. The highest BCUT2D eigenvalue weighted by Gasteiger charge is 2.10. The van der Waals surface area contributed by atoms with Gasteiger partial charge in [-0.3, -0.25) is 4.79 Å². The van der Waals surface area contributed by atoms with Gasteiger partial charge in [-0.2, -0.15) is 5.26 Å². The molecule has 0 aliphatic heterocycles. The topological polar surface area (TPSA) is 44.1 Å². The number of nitrogens with zero attached hydrogens (tertiary/aromatic N) is 2. The summed E-state index contributed by atoms with van der Waals surface area (Å²) in [5.41, 5.74) is 1.87. The summed E-state index contributed by atoms with van der Waals surface area (Å²) in [6.07, 6.45) is 0.307. The van der Waals surface area contributed by atoms with Crippen LogP contribution in [0.5, 0.6) is 0 Å². The molecule has 0 aliphatic rings. The van der Waals surface area contributed by atoms with Gasteiger partial charge in [0.15, 0.2) is 5.78 Å². The Labute approximate surface area is 123 Å². The fourth-order valence-electron chi connectivity index (χ4n) is 2.07. The van der Waals surface area contributed by atoms with Crippen LogP contribution in [0.4, 0.5) is 10.1 Å². The molecule has 0 fully saturated rings. The normalized spacial score (nSPS) is 9.95. The predicted octanol–water partition coefficient (Wildman–Crippen LogP) is 3.41. The Kier molecular flexibility index (Phi) is 4.68. The van der Waals surface area contributed by atoms with E-state index in [-0.39, 0.29) is 11.6 Å². The first-order chi connectivity index (χ1) is 10.1. The van der Waals surface area contributed by atoms with Crippen molar-refractivity contribution in [2.45, 2.75) is 6.42 Å². The van der Waals surface area contributed by atoms with Crippen LogP contribution in [0.2, 0.25) is 0 Å². The number of benzene rings is 2. The highest BCUT2D eigenvalue weighted by atomic mass is 19.1. The zero-order chi connectivity index (χ0) is 15.2. The molecule has 0 atom stereocenters. The Morgan fingerprint density at radius 2 is 1.86 bits per heavy atom.